The van der Waals surface area contributed by atoms with E-state index in [2.05, 4.69) is 48.7 Å². The van der Waals surface area contributed by atoms with Crippen molar-refractivity contribution in [3.05, 3.63) is 47.5 Å². The maximum absolute atomic E-state index is 6.30. The fraction of sp³-hybridized carbons (Fsp3) is 0.579. The van der Waals surface area contributed by atoms with Gasteiger partial charge in [-0.25, -0.2) is 0 Å². The van der Waals surface area contributed by atoms with Gasteiger partial charge in [0.05, 0.1) is 0 Å². The lowest BCUT2D eigenvalue weighted by atomic mass is 9.78. The van der Waals surface area contributed by atoms with E-state index in [1.165, 1.54) is 25.7 Å². The van der Waals surface area contributed by atoms with Crippen LogP contribution in [0.1, 0.15) is 37.3 Å². The average Bonchev–Trinajstić information content (AvgIpc) is 2.75. The highest BCUT2D eigenvalue weighted by Gasteiger charge is 2.50. The number of hydrogen-bond donors (Lipinski definition) is 2. The molecule has 1 saturated carbocycles. The Kier molecular flexibility index (Phi) is 4.46. The molecule has 0 radical (unpaired) electrons. The van der Waals surface area contributed by atoms with Gasteiger partial charge in [0.15, 0.2) is 0 Å². The van der Waals surface area contributed by atoms with Gasteiger partial charge >= 0.3 is 0 Å². The van der Waals surface area contributed by atoms with Gasteiger partial charge < -0.3 is 11.1 Å². The summed E-state index contributed by atoms with van der Waals surface area (Å²) >= 11 is 0. The molecule has 2 unspecified atom stereocenters. The highest BCUT2D eigenvalue weighted by molar-refractivity contribution is 5.32. The Morgan fingerprint density at radius 3 is 2.33 bits per heavy atom. The molecule has 21 heavy (non-hydrogen) atoms. The molecule has 0 aliphatic heterocycles. The third-order valence-corrected chi connectivity index (χ3v) is 5.71. The van der Waals surface area contributed by atoms with E-state index in [4.69, 9.17) is 5.73 Å². The number of hydrogen-bond acceptors (Lipinski definition) is 2. The fourth-order valence-electron chi connectivity index (χ4n) is 4.55. The summed E-state index contributed by atoms with van der Waals surface area (Å²) in [7, 11) is 0. The quantitative estimate of drug-likeness (QED) is 0.644. The third-order valence-electron chi connectivity index (χ3n) is 5.71. The molecule has 2 atom stereocenters. The Hall–Kier alpha value is -1.12. The summed E-state index contributed by atoms with van der Waals surface area (Å²) < 4.78 is 0. The van der Waals surface area contributed by atoms with Crippen LogP contribution in [0.4, 0.5) is 0 Å². The lowest BCUT2D eigenvalue weighted by Crippen LogP contribution is -2.58. The zero-order valence-corrected chi connectivity index (χ0v) is 13.1. The Morgan fingerprint density at radius 1 is 1.19 bits per heavy atom. The van der Waals surface area contributed by atoms with Crippen molar-refractivity contribution in [1.29, 1.82) is 0 Å². The molecule has 3 rings (SSSR count). The predicted molar refractivity (Wildman–Crippen MR) is 89.3 cm³/mol. The molecule has 0 amide bonds. The van der Waals surface area contributed by atoms with Crippen LogP contribution in [0.25, 0.3) is 0 Å². The highest BCUT2D eigenvalue weighted by atomic mass is 15.0. The van der Waals surface area contributed by atoms with Gasteiger partial charge in [0, 0.05) is 12.1 Å². The van der Waals surface area contributed by atoms with E-state index in [1.807, 2.05) is 0 Å². The summed E-state index contributed by atoms with van der Waals surface area (Å²) in [6, 6.07) is 9.00. The van der Waals surface area contributed by atoms with Crippen LogP contribution >= 0.6 is 0 Å². The summed E-state index contributed by atoms with van der Waals surface area (Å²) in [6.45, 7) is 3.90. The normalized spacial score (nSPS) is 31.3. The van der Waals surface area contributed by atoms with E-state index in [0.29, 0.717) is 11.8 Å². The van der Waals surface area contributed by atoms with Gasteiger partial charge in [-0.1, -0.05) is 36.4 Å². The predicted octanol–water partition coefficient (Wildman–Crippen LogP) is 3.06. The van der Waals surface area contributed by atoms with Gasteiger partial charge in [-0.05, 0) is 68.5 Å². The molecule has 0 heterocycles. The Labute approximate surface area is 128 Å². The number of allylic oxidation sites excluding steroid dienone is 1. The number of nitrogens with one attached hydrogen (secondary N) is 1. The van der Waals surface area contributed by atoms with Gasteiger partial charge in [-0.2, -0.15) is 0 Å². The largest absolute Gasteiger partial charge is 0.329 e. The van der Waals surface area contributed by atoms with Gasteiger partial charge in [-0.15, -0.1) is 0 Å². The summed E-state index contributed by atoms with van der Waals surface area (Å²) in [5, 5.41) is 3.88. The van der Waals surface area contributed by atoms with E-state index in [-0.39, 0.29) is 5.54 Å². The van der Waals surface area contributed by atoms with E-state index in [1.54, 1.807) is 11.1 Å². The van der Waals surface area contributed by atoms with Crippen LogP contribution in [-0.2, 0) is 12.8 Å². The molecule has 2 aliphatic carbocycles. The first kappa shape index (κ1) is 14.8. The standard InChI is InChI=1S/C19H28N2/c1-2-3-6-11-21-19(14-20)17-9-10-18(19)13-16-8-5-4-7-15(16)12-17/h2-5,7-8,17-18,21H,6,9-14,20H2,1H3/b3-2+. The van der Waals surface area contributed by atoms with Crippen molar-refractivity contribution in [2.24, 2.45) is 17.6 Å². The number of nitrogens with two attached hydrogens (primary N) is 1. The molecule has 0 saturated heterocycles. The van der Waals surface area contributed by atoms with Crippen molar-refractivity contribution < 1.29 is 0 Å². The molecular weight excluding hydrogens is 256 g/mol. The van der Waals surface area contributed by atoms with Gasteiger partial charge in [-0.3, -0.25) is 0 Å². The number of benzene rings is 1. The monoisotopic (exact) mass is 284 g/mol. The fourth-order valence-corrected chi connectivity index (χ4v) is 4.55. The molecule has 2 heteroatoms. The molecule has 0 aromatic heterocycles. The van der Waals surface area contributed by atoms with Crippen LogP contribution in [0.3, 0.4) is 0 Å². The summed E-state index contributed by atoms with van der Waals surface area (Å²) in [5.74, 6) is 1.39. The number of rotatable bonds is 5. The molecular formula is C19H28N2. The van der Waals surface area contributed by atoms with E-state index in [9.17, 15) is 0 Å². The van der Waals surface area contributed by atoms with Gasteiger partial charge in [0.2, 0.25) is 0 Å². The zero-order valence-electron chi connectivity index (χ0n) is 13.1. The van der Waals surface area contributed by atoms with Crippen LogP contribution in [0, 0.1) is 11.8 Å². The Morgan fingerprint density at radius 2 is 1.81 bits per heavy atom. The SMILES string of the molecule is C/C=C/CCNC1(CN)C2CCC1Cc1ccccc1C2. The minimum Gasteiger partial charge on any atom is -0.329 e. The minimum atomic E-state index is 0.153. The maximum Gasteiger partial charge on any atom is 0.0367 e. The molecule has 2 nitrogen and oxygen atoms in total. The lowest BCUT2D eigenvalue weighted by molar-refractivity contribution is 0.196. The van der Waals surface area contributed by atoms with Crippen LogP contribution < -0.4 is 11.1 Å². The van der Waals surface area contributed by atoms with Crippen LogP contribution in [-0.4, -0.2) is 18.6 Å². The van der Waals surface area contributed by atoms with Crippen molar-refractivity contribution in [1.82, 2.24) is 5.32 Å². The molecule has 1 fully saturated rings. The summed E-state index contributed by atoms with van der Waals surface area (Å²) in [6.07, 6.45) is 10.5. The zero-order chi connectivity index (χ0) is 14.7. The molecule has 0 spiro atoms. The van der Waals surface area contributed by atoms with Crippen molar-refractivity contribution in [3.63, 3.8) is 0 Å². The Balaban J connectivity index is 1.82. The van der Waals surface area contributed by atoms with Crippen molar-refractivity contribution in [2.45, 2.75) is 44.6 Å². The van der Waals surface area contributed by atoms with E-state index in [0.717, 1.165) is 19.5 Å². The molecule has 1 aromatic carbocycles. The second-order valence-electron chi connectivity index (χ2n) is 6.68. The first-order valence-corrected chi connectivity index (χ1v) is 8.43. The second kappa shape index (κ2) is 6.33. The second-order valence-corrected chi connectivity index (χ2v) is 6.68. The highest BCUT2D eigenvalue weighted by Crippen LogP contribution is 2.46. The van der Waals surface area contributed by atoms with Crippen molar-refractivity contribution in [3.8, 4) is 0 Å². The molecule has 1 aromatic rings. The first-order valence-electron chi connectivity index (χ1n) is 8.43. The van der Waals surface area contributed by atoms with Gasteiger partial charge in [0.1, 0.15) is 0 Å². The van der Waals surface area contributed by atoms with Gasteiger partial charge in [0.25, 0.3) is 0 Å². The van der Waals surface area contributed by atoms with Crippen molar-refractivity contribution in [2.75, 3.05) is 13.1 Å². The first-order chi connectivity index (χ1) is 10.3. The van der Waals surface area contributed by atoms with Crippen molar-refractivity contribution >= 4 is 0 Å². The summed E-state index contributed by atoms with van der Waals surface area (Å²) in [5.41, 5.74) is 9.56. The molecule has 3 N–H and O–H groups in total. The molecule has 114 valence electrons. The van der Waals surface area contributed by atoms with E-state index >= 15 is 0 Å². The van der Waals surface area contributed by atoms with Crippen LogP contribution in [0.15, 0.2) is 36.4 Å². The van der Waals surface area contributed by atoms with Crippen LogP contribution in [0.2, 0.25) is 0 Å². The summed E-state index contributed by atoms with van der Waals surface area (Å²) in [4.78, 5) is 0. The molecule has 2 bridgehead atoms. The average molecular weight is 284 g/mol. The smallest absolute Gasteiger partial charge is 0.0367 e. The minimum absolute atomic E-state index is 0.153. The third kappa shape index (κ3) is 2.67. The van der Waals surface area contributed by atoms with Crippen LogP contribution in [0.5, 0.6) is 0 Å². The lowest BCUT2D eigenvalue weighted by Gasteiger charge is -2.39. The van der Waals surface area contributed by atoms with E-state index < -0.39 is 0 Å². The topological polar surface area (TPSA) is 38.0 Å². The molecule has 2 aliphatic rings. The maximum atomic E-state index is 6.30. The Bertz CT molecular complexity index is 473. The number of fused-ring (bicyclic) bond motifs is 3.